The molecule has 1 N–H and O–H groups in total. The molecule has 98 valence electrons. The van der Waals surface area contributed by atoms with E-state index in [1.165, 1.54) is 12.2 Å². The molecule has 0 saturated heterocycles. The Morgan fingerprint density at radius 3 is 2.42 bits per heavy atom. The molecule has 3 nitrogen and oxygen atoms in total. The normalized spacial score (nSPS) is 11.5. The highest BCUT2D eigenvalue weighted by Crippen LogP contribution is 2.26. The molecule has 1 aromatic rings. The van der Waals surface area contributed by atoms with E-state index in [0.29, 0.717) is 5.57 Å². The van der Waals surface area contributed by atoms with Crippen molar-refractivity contribution < 1.29 is 9.52 Å². The minimum atomic E-state index is -0.530. The summed E-state index contributed by atoms with van der Waals surface area (Å²) in [6.45, 7) is 12.4. The highest BCUT2D eigenvalue weighted by Gasteiger charge is 2.16. The molecule has 0 amide bonds. The Morgan fingerprint density at radius 2 is 1.95 bits per heavy atom. The van der Waals surface area contributed by atoms with Gasteiger partial charge in [-0.1, -0.05) is 50.1 Å². The topological polar surface area (TPSA) is 50.4 Å². The third-order valence-electron chi connectivity index (χ3n) is 2.53. The first-order chi connectivity index (χ1) is 9.10. The summed E-state index contributed by atoms with van der Waals surface area (Å²) in [4.78, 5) is 12.0. The van der Waals surface area contributed by atoms with Gasteiger partial charge < -0.3 is 9.52 Å². The van der Waals surface area contributed by atoms with E-state index < -0.39 is 11.2 Å². The van der Waals surface area contributed by atoms with Gasteiger partial charge in [0.1, 0.15) is 5.76 Å². The molecule has 0 atom stereocenters. The molecule has 0 unspecified atom stereocenters. The molecule has 0 aliphatic heterocycles. The Balaban J connectivity index is 3.62. The quantitative estimate of drug-likeness (QED) is 0.816. The first kappa shape index (κ1) is 14.5. The maximum atomic E-state index is 12.0. The minimum absolute atomic E-state index is 0.103. The van der Waals surface area contributed by atoms with Gasteiger partial charge in [-0.3, -0.25) is 4.79 Å². The molecule has 0 saturated carbocycles. The SMILES string of the molecule is C=C/C=C\C(=C/C)c1oc(C=C)c(C=C)c(=O)c1O. The van der Waals surface area contributed by atoms with Crippen LogP contribution in [-0.2, 0) is 0 Å². The average molecular weight is 256 g/mol. The molecule has 0 fully saturated rings. The van der Waals surface area contributed by atoms with Crippen molar-refractivity contribution in [3.63, 3.8) is 0 Å². The lowest BCUT2D eigenvalue weighted by Crippen LogP contribution is -2.08. The van der Waals surface area contributed by atoms with Crippen LogP contribution >= 0.6 is 0 Å². The van der Waals surface area contributed by atoms with Gasteiger partial charge in [0.15, 0.2) is 5.76 Å². The maximum Gasteiger partial charge on any atom is 0.235 e. The van der Waals surface area contributed by atoms with Crippen molar-refractivity contribution in [1.82, 2.24) is 0 Å². The third-order valence-corrected chi connectivity index (χ3v) is 2.53. The highest BCUT2D eigenvalue weighted by atomic mass is 16.4. The van der Waals surface area contributed by atoms with Crippen molar-refractivity contribution in [3.05, 3.63) is 71.3 Å². The van der Waals surface area contributed by atoms with Gasteiger partial charge in [-0.15, -0.1) is 0 Å². The van der Waals surface area contributed by atoms with Crippen LogP contribution in [0.3, 0.4) is 0 Å². The third kappa shape index (κ3) is 2.83. The molecule has 0 aromatic carbocycles. The van der Waals surface area contributed by atoms with E-state index in [9.17, 15) is 9.90 Å². The summed E-state index contributed by atoms with van der Waals surface area (Å²) in [5.74, 6) is -0.0624. The van der Waals surface area contributed by atoms with E-state index in [0.717, 1.165) is 0 Å². The van der Waals surface area contributed by atoms with Crippen LogP contribution in [0.15, 0.2) is 53.3 Å². The van der Waals surface area contributed by atoms with Crippen LogP contribution < -0.4 is 5.43 Å². The van der Waals surface area contributed by atoms with Crippen LogP contribution in [0.2, 0.25) is 0 Å². The lowest BCUT2D eigenvalue weighted by atomic mass is 10.1. The smallest absolute Gasteiger partial charge is 0.235 e. The molecule has 1 rings (SSSR count). The van der Waals surface area contributed by atoms with Crippen molar-refractivity contribution in [2.45, 2.75) is 6.92 Å². The summed E-state index contributed by atoms with van der Waals surface area (Å²) in [5, 5.41) is 9.94. The fourth-order valence-corrected chi connectivity index (χ4v) is 1.57. The van der Waals surface area contributed by atoms with Crippen LogP contribution in [-0.4, -0.2) is 5.11 Å². The van der Waals surface area contributed by atoms with E-state index >= 15 is 0 Å². The molecule has 1 heterocycles. The van der Waals surface area contributed by atoms with Gasteiger partial charge in [-0.25, -0.2) is 0 Å². The fraction of sp³-hybridized carbons (Fsp3) is 0.0625. The highest BCUT2D eigenvalue weighted by molar-refractivity contribution is 5.75. The van der Waals surface area contributed by atoms with Crippen LogP contribution in [0.4, 0.5) is 0 Å². The second kappa shape index (κ2) is 6.40. The largest absolute Gasteiger partial charge is 0.502 e. The first-order valence-electron chi connectivity index (χ1n) is 5.71. The van der Waals surface area contributed by atoms with Crippen LogP contribution in [0, 0.1) is 0 Å². The van der Waals surface area contributed by atoms with Crippen molar-refractivity contribution in [2.24, 2.45) is 0 Å². The van der Waals surface area contributed by atoms with Crippen molar-refractivity contribution in [3.8, 4) is 5.75 Å². The van der Waals surface area contributed by atoms with Gasteiger partial charge in [-0.05, 0) is 13.0 Å². The van der Waals surface area contributed by atoms with Gasteiger partial charge in [-0.2, -0.15) is 0 Å². The first-order valence-corrected chi connectivity index (χ1v) is 5.71. The van der Waals surface area contributed by atoms with E-state index in [1.807, 2.05) is 0 Å². The van der Waals surface area contributed by atoms with E-state index in [1.54, 1.807) is 31.2 Å². The van der Waals surface area contributed by atoms with Crippen molar-refractivity contribution >= 4 is 17.7 Å². The number of rotatable bonds is 5. The zero-order chi connectivity index (χ0) is 14.4. The molecule has 19 heavy (non-hydrogen) atoms. The molecular formula is C16H16O3. The van der Waals surface area contributed by atoms with Gasteiger partial charge in [0.2, 0.25) is 11.2 Å². The van der Waals surface area contributed by atoms with Gasteiger partial charge in [0.05, 0.1) is 5.56 Å². The zero-order valence-electron chi connectivity index (χ0n) is 10.8. The summed E-state index contributed by atoms with van der Waals surface area (Å²) in [7, 11) is 0. The summed E-state index contributed by atoms with van der Waals surface area (Å²) in [6.07, 6.45) is 9.42. The number of hydrogen-bond donors (Lipinski definition) is 1. The zero-order valence-corrected chi connectivity index (χ0v) is 10.8. The van der Waals surface area contributed by atoms with Gasteiger partial charge in [0, 0.05) is 5.57 Å². The van der Waals surface area contributed by atoms with Crippen molar-refractivity contribution in [1.29, 1.82) is 0 Å². The Morgan fingerprint density at radius 1 is 1.26 bits per heavy atom. The second-order valence-corrected chi connectivity index (χ2v) is 3.63. The number of aromatic hydroxyl groups is 1. The second-order valence-electron chi connectivity index (χ2n) is 3.63. The molecule has 0 aliphatic rings. The number of allylic oxidation sites excluding steroid dienone is 5. The average Bonchev–Trinajstić information content (AvgIpc) is 2.43. The lowest BCUT2D eigenvalue weighted by Gasteiger charge is -2.08. The fourth-order valence-electron chi connectivity index (χ4n) is 1.57. The predicted molar refractivity (Wildman–Crippen MR) is 79.8 cm³/mol. The lowest BCUT2D eigenvalue weighted by molar-refractivity contribution is 0.419. The molecule has 1 aromatic heterocycles. The molecule has 0 radical (unpaired) electrons. The number of hydrogen-bond acceptors (Lipinski definition) is 3. The Labute approximate surface area is 112 Å². The molecule has 3 heteroatoms. The monoisotopic (exact) mass is 256 g/mol. The summed E-state index contributed by atoms with van der Waals surface area (Å²) in [6, 6.07) is 0. The van der Waals surface area contributed by atoms with Crippen LogP contribution in [0.1, 0.15) is 24.0 Å². The summed E-state index contributed by atoms with van der Waals surface area (Å²) < 4.78 is 5.52. The standard InChI is InChI=1S/C16H16O3/c1-5-9-10-11(6-2)16-15(18)14(17)12(7-3)13(8-4)19-16/h5-10,18H,1,3-4H2,2H3/b10-9-,11-6+. The van der Waals surface area contributed by atoms with Gasteiger partial charge >= 0.3 is 0 Å². The Hall–Kier alpha value is -2.55. The maximum absolute atomic E-state index is 12.0. The molecule has 0 aliphatic carbocycles. The Kier molecular flexibility index (Phi) is 4.89. The molecular weight excluding hydrogens is 240 g/mol. The summed E-state index contributed by atoms with van der Waals surface area (Å²) >= 11 is 0. The van der Waals surface area contributed by atoms with Crippen LogP contribution in [0.25, 0.3) is 17.7 Å². The predicted octanol–water partition coefficient (Wildman–Crippen LogP) is 3.78. The van der Waals surface area contributed by atoms with Crippen LogP contribution in [0.5, 0.6) is 5.75 Å². The van der Waals surface area contributed by atoms with E-state index in [-0.39, 0.29) is 17.1 Å². The Bertz CT molecular complexity index is 628. The van der Waals surface area contributed by atoms with Gasteiger partial charge in [0.25, 0.3) is 0 Å². The minimum Gasteiger partial charge on any atom is -0.502 e. The molecule has 0 bridgehead atoms. The van der Waals surface area contributed by atoms with E-state index in [2.05, 4.69) is 19.7 Å². The molecule has 0 spiro atoms. The van der Waals surface area contributed by atoms with Crippen molar-refractivity contribution in [2.75, 3.05) is 0 Å². The summed E-state index contributed by atoms with van der Waals surface area (Å²) in [5.41, 5.74) is 0.241. The van der Waals surface area contributed by atoms with E-state index in [4.69, 9.17) is 4.42 Å².